The third kappa shape index (κ3) is 3.77. The first-order chi connectivity index (χ1) is 10.3. The van der Waals surface area contributed by atoms with Gasteiger partial charge in [-0.2, -0.15) is 0 Å². The summed E-state index contributed by atoms with van der Waals surface area (Å²) >= 11 is 5.84. The number of aryl methyl sites for hydroxylation is 2. The Bertz CT molecular complexity index is 666. The average molecular weight is 330 g/mol. The summed E-state index contributed by atoms with van der Waals surface area (Å²) in [6, 6.07) is 0. The molecule has 0 aromatic carbocycles. The first-order valence-corrected chi connectivity index (χ1v) is 7.04. The van der Waals surface area contributed by atoms with Crippen molar-refractivity contribution in [3.63, 3.8) is 0 Å². The molecule has 2 rings (SSSR count). The third-order valence-electron chi connectivity index (χ3n) is 3.21. The van der Waals surface area contributed by atoms with Crippen LogP contribution in [-0.4, -0.2) is 45.4 Å². The number of rotatable bonds is 7. The normalized spacial score (nSPS) is 14.0. The average Bonchev–Trinajstić information content (AvgIpc) is 3.03. The Hall–Kier alpha value is -2.07. The van der Waals surface area contributed by atoms with Gasteiger partial charge in [-0.3, -0.25) is 4.57 Å². The lowest BCUT2D eigenvalue weighted by Gasteiger charge is -2.23. The maximum absolute atomic E-state index is 10.7. The van der Waals surface area contributed by atoms with E-state index in [4.69, 9.17) is 11.6 Å². The van der Waals surface area contributed by atoms with Gasteiger partial charge in [0.15, 0.2) is 5.82 Å². The van der Waals surface area contributed by atoms with E-state index in [9.17, 15) is 15.2 Å². The summed E-state index contributed by atoms with van der Waals surface area (Å²) in [4.78, 5) is 13.6. The first kappa shape index (κ1) is 16.3. The minimum Gasteiger partial charge on any atom is -0.388 e. The van der Waals surface area contributed by atoms with Gasteiger partial charge in [-0.15, -0.1) is 5.10 Å². The van der Waals surface area contributed by atoms with E-state index in [1.165, 1.54) is 10.8 Å². The highest BCUT2D eigenvalue weighted by molar-refractivity contribution is 6.28. The Kier molecular flexibility index (Phi) is 4.71. The molecule has 0 radical (unpaired) electrons. The number of nitro groups is 1. The zero-order valence-corrected chi connectivity index (χ0v) is 12.9. The molecule has 1 unspecified atom stereocenters. The van der Waals surface area contributed by atoms with E-state index in [-0.39, 0.29) is 17.6 Å². The van der Waals surface area contributed by atoms with E-state index in [2.05, 4.69) is 20.5 Å². The number of aromatic nitrogens is 6. The van der Waals surface area contributed by atoms with Crippen LogP contribution in [-0.2, 0) is 19.5 Å². The van der Waals surface area contributed by atoms with Gasteiger partial charge in [0.1, 0.15) is 6.20 Å². The van der Waals surface area contributed by atoms with Crippen molar-refractivity contribution in [3.8, 4) is 0 Å². The van der Waals surface area contributed by atoms with Crippen molar-refractivity contribution < 1.29 is 10.0 Å². The van der Waals surface area contributed by atoms with Gasteiger partial charge in [0.05, 0.1) is 12.1 Å². The largest absolute Gasteiger partial charge is 0.388 e. The van der Waals surface area contributed by atoms with Gasteiger partial charge in [-0.05, 0) is 52.2 Å². The monoisotopic (exact) mass is 329 g/mol. The number of hydrogen-bond donors (Lipinski definition) is 1. The van der Waals surface area contributed by atoms with Gasteiger partial charge in [-0.1, -0.05) is 0 Å². The van der Waals surface area contributed by atoms with Crippen LogP contribution < -0.4 is 0 Å². The van der Waals surface area contributed by atoms with E-state index >= 15 is 0 Å². The van der Waals surface area contributed by atoms with Crippen LogP contribution >= 0.6 is 11.6 Å². The quantitative estimate of drug-likeness (QED) is 0.589. The molecule has 1 N–H and O–H groups in total. The number of hydrogen-bond acceptors (Lipinski definition) is 7. The summed E-state index contributed by atoms with van der Waals surface area (Å²) in [6.45, 7) is 4.27. The van der Waals surface area contributed by atoms with Gasteiger partial charge >= 0.3 is 11.1 Å². The molecule has 2 aromatic rings. The van der Waals surface area contributed by atoms with Crippen LogP contribution in [0, 0.1) is 10.1 Å². The highest BCUT2D eigenvalue weighted by Crippen LogP contribution is 2.21. The van der Waals surface area contributed by atoms with Gasteiger partial charge in [0.2, 0.25) is 0 Å². The Labute approximate surface area is 130 Å². The second-order valence-electron chi connectivity index (χ2n) is 5.16. The van der Waals surface area contributed by atoms with Crippen LogP contribution in [0.1, 0.15) is 26.1 Å². The van der Waals surface area contributed by atoms with E-state index < -0.39 is 10.5 Å². The Morgan fingerprint density at radius 1 is 1.55 bits per heavy atom. The predicted octanol–water partition coefficient (Wildman–Crippen LogP) is 0.835. The zero-order valence-electron chi connectivity index (χ0n) is 12.2. The summed E-state index contributed by atoms with van der Waals surface area (Å²) in [5.74, 6) is 0.321. The number of nitrogens with zero attached hydrogens (tertiary/aromatic N) is 7. The number of halogens is 1. The van der Waals surface area contributed by atoms with Crippen molar-refractivity contribution in [3.05, 3.63) is 27.4 Å². The molecule has 2 aromatic heterocycles. The Balaban J connectivity index is 2.03. The second kappa shape index (κ2) is 6.36. The zero-order chi connectivity index (χ0) is 16.3. The molecule has 0 fully saturated rings. The molecule has 120 valence electrons. The van der Waals surface area contributed by atoms with Crippen LogP contribution in [0.15, 0.2) is 6.20 Å². The van der Waals surface area contributed by atoms with Crippen LogP contribution in [0.25, 0.3) is 0 Å². The molecule has 0 amide bonds. The summed E-state index contributed by atoms with van der Waals surface area (Å²) in [5.41, 5.74) is -1.14. The maximum Gasteiger partial charge on any atom is 0.383 e. The van der Waals surface area contributed by atoms with Gasteiger partial charge in [0, 0.05) is 13.0 Å². The van der Waals surface area contributed by atoms with Crippen LogP contribution in [0.2, 0.25) is 5.28 Å². The third-order valence-corrected chi connectivity index (χ3v) is 3.51. The van der Waals surface area contributed by atoms with Gasteiger partial charge in [0.25, 0.3) is 0 Å². The summed E-state index contributed by atoms with van der Waals surface area (Å²) in [6.07, 6.45) is 2.05. The molecule has 0 bridgehead atoms. The molecule has 0 aliphatic rings. The number of aliphatic hydroxyl groups is 1. The maximum atomic E-state index is 10.7. The summed E-state index contributed by atoms with van der Waals surface area (Å²) in [5, 5.41) is 32.4. The minimum absolute atomic E-state index is 0.0367. The van der Waals surface area contributed by atoms with Crippen molar-refractivity contribution in [1.29, 1.82) is 0 Å². The van der Waals surface area contributed by atoms with Crippen molar-refractivity contribution in [2.24, 2.45) is 0 Å². The van der Waals surface area contributed by atoms with Gasteiger partial charge in [-0.25, -0.2) is 4.68 Å². The number of imidazole rings is 1. The molecule has 11 heteroatoms. The molecule has 0 aliphatic carbocycles. The second-order valence-corrected chi connectivity index (χ2v) is 5.50. The van der Waals surface area contributed by atoms with Crippen molar-refractivity contribution in [1.82, 2.24) is 29.8 Å². The van der Waals surface area contributed by atoms with Crippen LogP contribution in [0.3, 0.4) is 0 Å². The Morgan fingerprint density at radius 3 is 2.86 bits per heavy atom. The highest BCUT2D eigenvalue weighted by Gasteiger charge is 2.26. The minimum atomic E-state index is -1.14. The molecule has 0 aliphatic heterocycles. The summed E-state index contributed by atoms with van der Waals surface area (Å²) < 4.78 is 2.99. The van der Waals surface area contributed by atoms with Crippen molar-refractivity contribution in [2.45, 2.75) is 45.4 Å². The molecule has 1 atom stereocenters. The summed E-state index contributed by atoms with van der Waals surface area (Å²) in [7, 11) is 0. The number of tetrazole rings is 1. The van der Waals surface area contributed by atoms with E-state index in [0.717, 1.165) is 0 Å². The molecule has 0 spiro atoms. The van der Waals surface area contributed by atoms with E-state index in [0.29, 0.717) is 25.2 Å². The standard InChI is InChI=1S/C11H16ClN7O3/c1-3-18-8(14-15-16-18)4-5-11(2,20)7-17-6-9(19(21)22)13-10(17)12/h6,20H,3-5,7H2,1-2H3. The first-order valence-electron chi connectivity index (χ1n) is 6.67. The van der Waals surface area contributed by atoms with E-state index in [1.54, 1.807) is 11.6 Å². The fourth-order valence-corrected chi connectivity index (χ4v) is 2.25. The molecule has 10 nitrogen and oxygen atoms in total. The van der Waals surface area contributed by atoms with Crippen LogP contribution in [0.5, 0.6) is 0 Å². The Morgan fingerprint density at radius 2 is 2.27 bits per heavy atom. The SMILES string of the molecule is CCn1nnnc1CCC(C)(O)Cn1cc([N+](=O)[O-])nc1Cl. The van der Waals surface area contributed by atoms with Gasteiger partial charge < -0.3 is 15.2 Å². The molecule has 2 heterocycles. The molecule has 22 heavy (non-hydrogen) atoms. The smallest absolute Gasteiger partial charge is 0.383 e. The molecular weight excluding hydrogens is 314 g/mol. The van der Waals surface area contributed by atoms with Crippen molar-refractivity contribution in [2.75, 3.05) is 0 Å². The molecule has 0 saturated carbocycles. The fourth-order valence-electron chi connectivity index (χ4n) is 2.05. The lowest BCUT2D eigenvalue weighted by molar-refractivity contribution is -0.389. The van der Waals surface area contributed by atoms with E-state index in [1.807, 2.05) is 6.92 Å². The molecule has 0 saturated heterocycles. The topological polar surface area (TPSA) is 125 Å². The van der Waals surface area contributed by atoms with Crippen LogP contribution in [0.4, 0.5) is 5.82 Å². The fraction of sp³-hybridized carbons (Fsp3) is 0.636. The van der Waals surface area contributed by atoms with Crippen molar-refractivity contribution >= 4 is 17.4 Å². The highest BCUT2D eigenvalue weighted by atomic mass is 35.5. The lowest BCUT2D eigenvalue weighted by atomic mass is 10.00. The predicted molar refractivity (Wildman–Crippen MR) is 76.3 cm³/mol. The lowest BCUT2D eigenvalue weighted by Crippen LogP contribution is -2.31. The molecular formula is C11H16ClN7O3.